The Morgan fingerprint density at radius 2 is 2.36 bits per heavy atom. The molecule has 0 N–H and O–H groups in total. The van der Waals surface area contributed by atoms with E-state index in [1.165, 1.54) is 5.57 Å². The van der Waals surface area contributed by atoms with E-state index in [9.17, 15) is 5.26 Å². The molecule has 1 aromatic heterocycles. The Bertz CT molecular complexity index is 814. The second-order valence-corrected chi connectivity index (χ2v) is 8.55. The van der Waals surface area contributed by atoms with Gasteiger partial charge in [0.25, 0.3) is 0 Å². The molecule has 2 heterocycles. The van der Waals surface area contributed by atoms with Crippen LogP contribution in [0, 0.1) is 17.2 Å². The smallest absolute Gasteiger partial charge is 0.145 e. The van der Waals surface area contributed by atoms with Crippen molar-refractivity contribution >= 4 is 52.4 Å². The molecule has 4 rings (SSSR count). The first-order chi connectivity index (χ1) is 10.7. The van der Waals surface area contributed by atoms with Crippen LogP contribution in [0.15, 0.2) is 56.8 Å². The van der Waals surface area contributed by atoms with Crippen molar-refractivity contribution in [3.05, 3.63) is 56.8 Å². The van der Waals surface area contributed by atoms with E-state index in [1.54, 1.807) is 52.9 Å². The predicted octanol–water partition coefficient (Wildman–Crippen LogP) is 4.57. The number of halogens is 2. The molecule has 1 saturated carbocycles. The molecular formula is C15H9Cl2N3S2. The molecule has 110 valence electrons. The molecule has 1 spiro atoms. The Balaban J connectivity index is 1.72. The summed E-state index contributed by atoms with van der Waals surface area (Å²) in [6.07, 6.45) is 10.9. The number of hydrogen-bond acceptors (Lipinski definition) is 4. The van der Waals surface area contributed by atoms with Crippen molar-refractivity contribution in [3.63, 3.8) is 0 Å². The average Bonchev–Trinajstić information content (AvgIpc) is 2.86. The van der Waals surface area contributed by atoms with Crippen molar-refractivity contribution in [2.24, 2.45) is 5.92 Å². The fourth-order valence-electron chi connectivity index (χ4n) is 2.82. The van der Waals surface area contributed by atoms with Crippen LogP contribution in [0.5, 0.6) is 0 Å². The maximum atomic E-state index is 9.48. The highest BCUT2D eigenvalue weighted by Gasteiger charge is 2.64. The lowest BCUT2D eigenvalue weighted by Gasteiger charge is -2.05. The van der Waals surface area contributed by atoms with E-state index in [-0.39, 0.29) is 4.75 Å². The molecule has 2 atom stereocenters. The van der Waals surface area contributed by atoms with Gasteiger partial charge in [-0.15, -0.1) is 23.5 Å². The number of aromatic nitrogens is 2. The Morgan fingerprint density at radius 1 is 1.50 bits per heavy atom. The maximum Gasteiger partial charge on any atom is 0.145 e. The summed E-state index contributed by atoms with van der Waals surface area (Å²) < 4.78 is 2.76. The number of fused-ring (bicyclic) bond motifs is 3. The molecule has 0 aromatic carbocycles. The van der Waals surface area contributed by atoms with Crippen LogP contribution in [-0.4, -0.2) is 20.1 Å². The number of allylic oxidation sites excluding steroid dienone is 6. The molecule has 2 fully saturated rings. The van der Waals surface area contributed by atoms with E-state index >= 15 is 0 Å². The van der Waals surface area contributed by atoms with E-state index in [4.69, 9.17) is 23.2 Å². The lowest BCUT2D eigenvalue weighted by Crippen LogP contribution is -2.04. The summed E-state index contributed by atoms with van der Waals surface area (Å²) in [6, 6.07) is 2.28. The standard InChI is InChI=1S/C15H9Cl2N3S2/c16-9-1-2-10-13(11(17)5-9)15(10)7-21-14(22-15)12(6-18)20-4-3-19-8-20/h1-5,8,10H,7H2/b14-12+. The van der Waals surface area contributed by atoms with Crippen LogP contribution in [0.25, 0.3) is 5.70 Å². The molecule has 2 unspecified atom stereocenters. The van der Waals surface area contributed by atoms with Gasteiger partial charge in [0.1, 0.15) is 11.8 Å². The van der Waals surface area contributed by atoms with Crippen molar-refractivity contribution in [2.45, 2.75) is 4.75 Å². The van der Waals surface area contributed by atoms with Gasteiger partial charge in [-0.3, -0.25) is 4.57 Å². The van der Waals surface area contributed by atoms with Crippen LogP contribution in [0.3, 0.4) is 0 Å². The van der Waals surface area contributed by atoms with Gasteiger partial charge in [-0.2, -0.15) is 5.26 Å². The van der Waals surface area contributed by atoms with E-state index in [1.807, 2.05) is 6.08 Å². The Labute approximate surface area is 146 Å². The van der Waals surface area contributed by atoms with Crippen LogP contribution < -0.4 is 0 Å². The molecule has 22 heavy (non-hydrogen) atoms. The van der Waals surface area contributed by atoms with Crippen molar-refractivity contribution in [3.8, 4) is 6.07 Å². The summed E-state index contributed by atoms with van der Waals surface area (Å²) in [5, 5.41) is 10.9. The molecule has 3 nitrogen and oxygen atoms in total. The third-order valence-electron chi connectivity index (χ3n) is 3.91. The normalized spacial score (nSPS) is 31.7. The first-order valence-electron chi connectivity index (χ1n) is 6.56. The number of nitrogens with zero attached hydrogens (tertiary/aromatic N) is 3. The highest BCUT2D eigenvalue weighted by Crippen LogP contribution is 2.71. The summed E-state index contributed by atoms with van der Waals surface area (Å²) in [4.78, 5) is 4.01. The van der Waals surface area contributed by atoms with Gasteiger partial charge in [0.15, 0.2) is 0 Å². The zero-order chi connectivity index (χ0) is 15.3. The van der Waals surface area contributed by atoms with Crippen molar-refractivity contribution in [1.82, 2.24) is 9.55 Å². The molecule has 0 bridgehead atoms. The zero-order valence-electron chi connectivity index (χ0n) is 11.2. The minimum atomic E-state index is -0.0235. The number of imidazole rings is 1. The predicted molar refractivity (Wildman–Crippen MR) is 93.3 cm³/mol. The monoisotopic (exact) mass is 365 g/mol. The summed E-state index contributed by atoms with van der Waals surface area (Å²) in [7, 11) is 0. The lowest BCUT2D eigenvalue weighted by atomic mass is 10.3. The summed E-state index contributed by atoms with van der Waals surface area (Å²) in [6.45, 7) is 0. The van der Waals surface area contributed by atoms with E-state index in [0.29, 0.717) is 16.6 Å². The first-order valence-corrected chi connectivity index (χ1v) is 9.11. The van der Waals surface area contributed by atoms with Crippen molar-refractivity contribution in [2.75, 3.05) is 5.75 Å². The van der Waals surface area contributed by atoms with Crippen LogP contribution in [0.1, 0.15) is 0 Å². The lowest BCUT2D eigenvalue weighted by molar-refractivity contribution is 0.980. The second-order valence-electron chi connectivity index (χ2n) is 5.13. The molecule has 1 aliphatic heterocycles. The average molecular weight is 366 g/mol. The molecular weight excluding hydrogens is 357 g/mol. The minimum absolute atomic E-state index is 0.0235. The van der Waals surface area contributed by atoms with Crippen molar-refractivity contribution < 1.29 is 0 Å². The maximum absolute atomic E-state index is 9.48. The molecule has 7 heteroatoms. The topological polar surface area (TPSA) is 41.6 Å². The molecule has 3 aliphatic rings. The van der Waals surface area contributed by atoms with Crippen LogP contribution >= 0.6 is 46.7 Å². The van der Waals surface area contributed by atoms with Gasteiger partial charge in [0.05, 0.1) is 15.3 Å². The molecule has 1 saturated heterocycles. The van der Waals surface area contributed by atoms with Crippen LogP contribution in [0.2, 0.25) is 0 Å². The van der Waals surface area contributed by atoms with Crippen LogP contribution in [0.4, 0.5) is 0 Å². The third kappa shape index (κ3) is 2.10. The van der Waals surface area contributed by atoms with Gasteiger partial charge in [0, 0.05) is 34.1 Å². The number of rotatable bonds is 1. The van der Waals surface area contributed by atoms with Crippen molar-refractivity contribution in [1.29, 1.82) is 5.26 Å². The van der Waals surface area contributed by atoms with Gasteiger partial charge in [0.2, 0.25) is 0 Å². The quantitative estimate of drug-likeness (QED) is 0.683. The number of hydrogen-bond donors (Lipinski definition) is 0. The van der Waals surface area contributed by atoms with Gasteiger partial charge < -0.3 is 0 Å². The van der Waals surface area contributed by atoms with E-state index < -0.39 is 0 Å². The SMILES string of the molecule is N#C/C(=C1/SCC2(S1)C1=C(Cl)C=C(Cl)C=CC12)n1ccnc1. The third-order valence-corrected chi connectivity index (χ3v) is 7.66. The summed E-state index contributed by atoms with van der Waals surface area (Å²) >= 11 is 15.9. The molecule has 2 aliphatic carbocycles. The van der Waals surface area contributed by atoms with E-state index in [2.05, 4.69) is 17.1 Å². The zero-order valence-corrected chi connectivity index (χ0v) is 14.3. The van der Waals surface area contributed by atoms with Gasteiger partial charge in [-0.1, -0.05) is 29.3 Å². The Morgan fingerprint density at radius 3 is 3.09 bits per heavy atom. The highest BCUT2D eigenvalue weighted by atomic mass is 35.5. The Kier molecular flexibility index (Phi) is 3.46. The largest absolute Gasteiger partial charge is 0.296 e. The van der Waals surface area contributed by atoms with Crippen LogP contribution in [-0.2, 0) is 0 Å². The second kappa shape index (κ2) is 5.24. The van der Waals surface area contributed by atoms with Gasteiger partial charge in [-0.05, 0) is 17.7 Å². The Hall–Kier alpha value is -1.06. The summed E-state index contributed by atoms with van der Waals surface area (Å²) in [5.74, 6) is 1.21. The fourth-order valence-corrected chi connectivity index (χ4v) is 6.94. The van der Waals surface area contributed by atoms with Gasteiger partial charge in [-0.25, -0.2) is 4.98 Å². The molecule has 0 amide bonds. The highest BCUT2D eigenvalue weighted by molar-refractivity contribution is 8.26. The number of nitriles is 1. The summed E-state index contributed by atoms with van der Waals surface area (Å²) in [5.41, 5.74) is 1.84. The molecule has 0 radical (unpaired) electrons. The first kappa shape index (κ1) is 14.5. The minimum Gasteiger partial charge on any atom is -0.296 e. The fraction of sp³-hybridized carbons (Fsp3) is 0.200. The van der Waals surface area contributed by atoms with E-state index in [0.717, 1.165) is 15.0 Å². The van der Waals surface area contributed by atoms with Gasteiger partial charge >= 0.3 is 0 Å². The number of thioether (sulfide) groups is 2. The molecule has 1 aromatic rings.